The molecule has 0 amide bonds. The standard InChI is InChI=1S/C17H25ClN2/c1-14(15-8-7-9-16(18)12-15)20(4)11-6-5-10-17(2,3)13-19/h7-9,12,14H,5-6,10-11H2,1-4H3. The van der Waals surface area contributed by atoms with Crippen LogP contribution in [0.4, 0.5) is 0 Å². The van der Waals surface area contributed by atoms with Crippen molar-refractivity contribution in [1.82, 2.24) is 4.90 Å². The van der Waals surface area contributed by atoms with Crippen LogP contribution in [0, 0.1) is 16.7 Å². The zero-order valence-electron chi connectivity index (χ0n) is 13.0. The first-order valence-electron chi connectivity index (χ1n) is 7.23. The molecule has 0 bridgehead atoms. The normalized spacial score (nSPS) is 13.2. The molecule has 1 aromatic carbocycles. The van der Waals surface area contributed by atoms with E-state index < -0.39 is 0 Å². The fourth-order valence-corrected chi connectivity index (χ4v) is 2.40. The maximum absolute atomic E-state index is 8.99. The molecule has 0 aromatic heterocycles. The number of unbranched alkanes of at least 4 members (excludes halogenated alkanes) is 1. The van der Waals surface area contributed by atoms with Crippen molar-refractivity contribution < 1.29 is 0 Å². The van der Waals surface area contributed by atoms with Crippen LogP contribution in [-0.2, 0) is 0 Å². The number of hydrogen-bond donors (Lipinski definition) is 0. The Morgan fingerprint density at radius 1 is 1.35 bits per heavy atom. The van der Waals surface area contributed by atoms with Gasteiger partial charge in [0, 0.05) is 11.1 Å². The fraction of sp³-hybridized carbons (Fsp3) is 0.588. The highest BCUT2D eigenvalue weighted by atomic mass is 35.5. The maximum Gasteiger partial charge on any atom is 0.0683 e. The molecule has 0 aliphatic heterocycles. The zero-order chi connectivity index (χ0) is 15.2. The van der Waals surface area contributed by atoms with Gasteiger partial charge in [0.1, 0.15) is 0 Å². The second kappa shape index (κ2) is 7.67. The van der Waals surface area contributed by atoms with Crippen molar-refractivity contribution >= 4 is 11.6 Å². The summed E-state index contributed by atoms with van der Waals surface area (Å²) in [7, 11) is 2.14. The third-order valence-corrected chi connectivity index (χ3v) is 4.09. The van der Waals surface area contributed by atoms with Gasteiger partial charge in [-0.05, 0) is 64.9 Å². The number of halogens is 1. The van der Waals surface area contributed by atoms with Crippen molar-refractivity contribution in [1.29, 1.82) is 5.26 Å². The molecule has 3 heteroatoms. The van der Waals surface area contributed by atoms with E-state index >= 15 is 0 Å². The van der Waals surface area contributed by atoms with Crippen molar-refractivity contribution in [3.8, 4) is 6.07 Å². The molecule has 1 rings (SSSR count). The van der Waals surface area contributed by atoms with Crippen molar-refractivity contribution in [3.05, 3.63) is 34.9 Å². The monoisotopic (exact) mass is 292 g/mol. The summed E-state index contributed by atoms with van der Waals surface area (Å²) in [5, 5.41) is 9.78. The second-order valence-electron chi connectivity index (χ2n) is 6.16. The molecule has 2 nitrogen and oxygen atoms in total. The van der Waals surface area contributed by atoms with Crippen molar-refractivity contribution in [3.63, 3.8) is 0 Å². The Kier molecular flexibility index (Phi) is 6.52. The molecule has 0 N–H and O–H groups in total. The predicted octanol–water partition coefficient (Wildman–Crippen LogP) is 5.05. The smallest absolute Gasteiger partial charge is 0.0683 e. The highest BCUT2D eigenvalue weighted by molar-refractivity contribution is 6.30. The summed E-state index contributed by atoms with van der Waals surface area (Å²) in [5.41, 5.74) is 1.05. The third-order valence-electron chi connectivity index (χ3n) is 3.86. The molecule has 0 aliphatic carbocycles. The van der Waals surface area contributed by atoms with Crippen LogP contribution in [0.3, 0.4) is 0 Å². The molecule has 1 unspecified atom stereocenters. The maximum atomic E-state index is 8.99. The predicted molar refractivity (Wildman–Crippen MR) is 85.7 cm³/mol. The van der Waals surface area contributed by atoms with Gasteiger partial charge in [0.25, 0.3) is 0 Å². The van der Waals surface area contributed by atoms with Gasteiger partial charge in [-0.25, -0.2) is 0 Å². The summed E-state index contributed by atoms with van der Waals surface area (Å²) >= 11 is 6.04. The van der Waals surface area contributed by atoms with Crippen LogP contribution in [0.1, 0.15) is 51.6 Å². The largest absolute Gasteiger partial charge is 0.300 e. The van der Waals surface area contributed by atoms with E-state index in [9.17, 15) is 0 Å². The van der Waals surface area contributed by atoms with Crippen molar-refractivity contribution in [2.45, 2.75) is 46.1 Å². The van der Waals surface area contributed by atoms with Gasteiger partial charge in [-0.3, -0.25) is 4.90 Å². The Balaban J connectivity index is 2.40. The SMILES string of the molecule is CC(c1cccc(Cl)c1)N(C)CCCCC(C)(C)C#N. The lowest BCUT2D eigenvalue weighted by Gasteiger charge is -2.25. The summed E-state index contributed by atoms with van der Waals surface area (Å²) in [6.45, 7) is 7.25. The van der Waals surface area contributed by atoms with Gasteiger partial charge in [0.2, 0.25) is 0 Å². The number of nitrogens with zero attached hydrogens (tertiary/aromatic N) is 2. The Bertz CT molecular complexity index is 462. The number of rotatable bonds is 7. The van der Waals surface area contributed by atoms with E-state index in [0.717, 1.165) is 30.8 Å². The Hall–Kier alpha value is -1.04. The van der Waals surface area contributed by atoms with Gasteiger partial charge < -0.3 is 0 Å². The average Bonchev–Trinajstić information content (AvgIpc) is 2.42. The van der Waals surface area contributed by atoms with Crippen LogP contribution in [0.15, 0.2) is 24.3 Å². The highest BCUT2D eigenvalue weighted by Crippen LogP contribution is 2.24. The van der Waals surface area contributed by atoms with Crippen LogP contribution in [0.25, 0.3) is 0 Å². The Morgan fingerprint density at radius 3 is 2.65 bits per heavy atom. The molecule has 0 radical (unpaired) electrons. The van der Waals surface area contributed by atoms with Crippen LogP contribution in [0.5, 0.6) is 0 Å². The van der Waals surface area contributed by atoms with E-state index in [0.29, 0.717) is 6.04 Å². The highest BCUT2D eigenvalue weighted by Gasteiger charge is 2.16. The van der Waals surface area contributed by atoms with Crippen LogP contribution in [-0.4, -0.2) is 18.5 Å². The van der Waals surface area contributed by atoms with Gasteiger partial charge in [-0.1, -0.05) is 30.2 Å². The Morgan fingerprint density at radius 2 is 2.05 bits per heavy atom. The minimum Gasteiger partial charge on any atom is -0.300 e. The first kappa shape index (κ1) is 17.0. The second-order valence-corrected chi connectivity index (χ2v) is 6.60. The lowest BCUT2D eigenvalue weighted by Crippen LogP contribution is -2.23. The molecule has 110 valence electrons. The van der Waals surface area contributed by atoms with Crippen LogP contribution < -0.4 is 0 Å². The number of benzene rings is 1. The summed E-state index contributed by atoms with van der Waals surface area (Å²) < 4.78 is 0. The van der Waals surface area contributed by atoms with Crippen LogP contribution >= 0.6 is 11.6 Å². The first-order chi connectivity index (χ1) is 9.35. The minimum absolute atomic E-state index is 0.197. The van der Waals surface area contributed by atoms with Crippen LogP contribution in [0.2, 0.25) is 5.02 Å². The molecule has 0 saturated heterocycles. The Labute approximate surface area is 128 Å². The van der Waals surface area contributed by atoms with Gasteiger partial charge >= 0.3 is 0 Å². The molecule has 0 fully saturated rings. The lowest BCUT2D eigenvalue weighted by molar-refractivity contribution is 0.251. The molecule has 0 saturated carbocycles. The van der Waals surface area contributed by atoms with Gasteiger partial charge in [0.05, 0.1) is 11.5 Å². The van der Waals surface area contributed by atoms with E-state index in [1.54, 1.807) is 0 Å². The van der Waals surface area contributed by atoms with E-state index in [4.69, 9.17) is 16.9 Å². The summed E-state index contributed by atoms with van der Waals surface area (Å²) in [4.78, 5) is 2.34. The van der Waals surface area contributed by atoms with Gasteiger partial charge in [0.15, 0.2) is 0 Å². The number of nitriles is 1. The molecule has 0 aliphatic rings. The lowest BCUT2D eigenvalue weighted by atomic mass is 9.89. The number of hydrogen-bond acceptors (Lipinski definition) is 2. The molecule has 20 heavy (non-hydrogen) atoms. The quantitative estimate of drug-likeness (QED) is 0.657. The van der Waals surface area contributed by atoms with Gasteiger partial charge in [-0.15, -0.1) is 0 Å². The van der Waals surface area contributed by atoms with Crippen molar-refractivity contribution in [2.24, 2.45) is 5.41 Å². The third kappa shape index (κ3) is 5.53. The molecule has 1 atom stereocenters. The molecular formula is C17H25ClN2. The van der Waals surface area contributed by atoms with E-state index in [1.807, 2.05) is 32.0 Å². The minimum atomic E-state index is -0.197. The zero-order valence-corrected chi connectivity index (χ0v) is 13.7. The van der Waals surface area contributed by atoms with E-state index in [-0.39, 0.29) is 5.41 Å². The summed E-state index contributed by atoms with van der Waals surface area (Å²) in [6, 6.07) is 10.8. The fourth-order valence-electron chi connectivity index (χ4n) is 2.20. The van der Waals surface area contributed by atoms with Gasteiger partial charge in [-0.2, -0.15) is 5.26 Å². The first-order valence-corrected chi connectivity index (χ1v) is 7.60. The topological polar surface area (TPSA) is 27.0 Å². The average molecular weight is 293 g/mol. The summed E-state index contributed by atoms with van der Waals surface area (Å²) in [5.74, 6) is 0. The van der Waals surface area contributed by atoms with Crippen molar-refractivity contribution in [2.75, 3.05) is 13.6 Å². The molecular weight excluding hydrogens is 268 g/mol. The molecule has 0 heterocycles. The molecule has 0 spiro atoms. The van der Waals surface area contributed by atoms with E-state index in [1.165, 1.54) is 5.56 Å². The van der Waals surface area contributed by atoms with E-state index in [2.05, 4.69) is 31.0 Å². The molecule has 1 aromatic rings. The summed E-state index contributed by atoms with van der Waals surface area (Å²) in [6.07, 6.45) is 3.17.